The van der Waals surface area contributed by atoms with E-state index in [-0.39, 0.29) is 11.7 Å². The van der Waals surface area contributed by atoms with Crippen LogP contribution in [-0.2, 0) is 4.74 Å². The van der Waals surface area contributed by atoms with Gasteiger partial charge in [0.05, 0.1) is 10.6 Å². The van der Waals surface area contributed by atoms with Gasteiger partial charge in [0.15, 0.2) is 0 Å². The van der Waals surface area contributed by atoms with E-state index in [9.17, 15) is 10.1 Å². The lowest BCUT2D eigenvalue weighted by Crippen LogP contribution is -2.31. The van der Waals surface area contributed by atoms with Gasteiger partial charge in [0.2, 0.25) is 0 Å². The largest absolute Gasteiger partial charge is 0.382 e. The molecule has 1 atom stereocenters. The number of nitrogens with two attached hydrogens (primary N) is 1. The molecule has 7 nitrogen and oxygen atoms in total. The third-order valence-electron chi connectivity index (χ3n) is 3.66. The van der Waals surface area contributed by atoms with E-state index in [0.717, 1.165) is 26.1 Å². The fourth-order valence-corrected chi connectivity index (χ4v) is 2.48. The Labute approximate surface area is 117 Å². The second kappa shape index (κ2) is 6.53. The summed E-state index contributed by atoms with van der Waals surface area (Å²) in [4.78, 5) is 10.5. The van der Waals surface area contributed by atoms with Gasteiger partial charge in [0.25, 0.3) is 5.69 Å². The Morgan fingerprint density at radius 2 is 2.00 bits per heavy atom. The molecule has 1 heterocycles. The van der Waals surface area contributed by atoms with Crippen LogP contribution >= 0.6 is 0 Å². The quantitative estimate of drug-likeness (QED) is 0.433. The number of nitrogen functional groups attached to an aromatic ring is 1. The molecule has 1 aromatic rings. The first kappa shape index (κ1) is 14.5. The van der Waals surface area contributed by atoms with Crippen molar-refractivity contribution in [3.63, 3.8) is 0 Å². The number of anilines is 2. The highest BCUT2D eigenvalue weighted by Crippen LogP contribution is 2.27. The van der Waals surface area contributed by atoms with Crippen LogP contribution in [0.4, 0.5) is 17.1 Å². The number of nitro benzene ring substituents is 1. The van der Waals surface area contributed by atoms with Gasteiger partial charge >= 0.3 is 0 Å². The number of nitrogens with zero attached hydrogens (tertiary/aromatic N) is 1. The van der Waals surface area contributed by atoms with E-state index < -0.39 is 4.92 Å². The van der Waals surface area contributed by atoms with Crippen LogP contribution in [0.5, 0.6) is 0 Å². The average Bonchev–Trinajstić information content (AvgIpc) is 2.47. The minimum atomic E-state index is -0.425. The molecular weight excluding hydrogens is 260 g/mol. The summed E-state index contributed by atoms with van der Waals surface area (Å²) in [6, 6.07) is 4.93. The number of hydrogen-bond donors (Lipinski definition) is 3. The van der Waals surface area contributed by atoms with Crippen molar-refractivity contribution < 1.29 is 9.66 Å². The molecule has 0 amide bonds. The number of hydrogen-bond acceptors (Lipinski definition) is 6. The molecule has 1 aromatic carbocycles. The van der Waals surface area contributed by atoms with Crippen molar-refractivity contribution in [3.8, 4) is 0 Å². The van der Waals surface area contributed by atoms with Crippen LogP contribution in [0.1, 0.15) is 19.8 Å². The lowest BCUT2D eigenvalue weighted by Gasteiger charge is -2.29. The molecule has 0 saturated carbocycles. The molecule has 7 heteroatoms. The number of non-ortho nitro benzene ring substituents is 1. The van der Waals surface area contributed by atoms with Crippen LogP contribution in [0.2, 0.25) is 0 Å². The van der Waals surface area contributed by atoms with E-state index in [1.807, 2.05) is 0 Å². The molecule has 1 aliphatic rings. The van der Waals surface area contributed by atoms with Crippen molar-refractivity contribution in [2.45, 2.75) is 25.8 Å². The molecule has 20 heavy (non-hydrogen) atoms. The van der Waals surface area contributed by atoms with Crippen molar-refractivity contribution in [3.05, 3.63) is 28.3 Å². The summed E-state index contributed by atoms with van der Waals surface area (Å²) in [6.07, 6.45) is 2.01. The van der Waals surface area contributed by atoms with E-state index in [1.165, 1.54) is 12.1 Å². The molecule has 1 saturated heterocycles. The molecule has 1 fully saturated rings. The molecule has 110 valence electrons. The van der Waals surface area contributed by atoms with E-state index >= 15 is 0 Å². The number of benzene rings is 1. The van der Waals surface area contributed by atoms with Crippen molar-refractivity contribution >= 4 is 17.1 Å². The van der Waals surface area contributed by atoms with E-state index in [0.29, 0.717) is 17.3 Å². The summed E-state index contributed by atoms with van der Waals surface area (Å²) in [5, 5.41) is 14.2. The second-order valence-corrected chi connectivity index (χ2v) is 5.05. The second-order valence-electron chi connectivity index (χ2n) is 5.05. The molecule has 1 aliphatic heterocycles. The van der Waals surface area contributed by atoms with Gasteiger partial charge in [-0.25, -0.2) is 0 Å². The van der Waals surface area contributed by atoms with Crippen molar-refractivity contribution in [2.24, 2.45) is 11.8 Å². The highest BCUT2D eigenvalue weighted by atomic mass is 16.6. The molecule has 1 unspecified atom stereocenters. The van der Waals surface area contributed by atoms with Gasteiger partial charge in [-0.15, -0.1) is 0 Å². The lowest BCUT2D eigenvalue weighted by molar-refractivity contribution is -0.384. The zero-order chi connectivity index (χ0) is 14.5. The van der Waals surface area contributed by atoms with Gasteiger partial charge in [0.1, 0.15) is 0 Å². The molecule has 0 aromatic heterocycles. The fourth-order valence-electron chi connectivity index (χ4n) is 2.48. The van der Waals surface area contributed by atoms with Crippen molar-refractivity contribution in [2.75, 3.05) is 24.0 Å². The standard InChI is InChI=1S/C13H20N4O3/c1-9(10-2-4-20-5-3-10)15-11-6-12(16-14)8-13(7-11)17(18)19/h6-10,15-16H,2-5,14H2,1H3. The monoisotopic (exact) mass is 280 g/mol. The number of ether oxygens (including phenoxy) is 1. The predicted octanol–water partition coefficient (Wildman–Crippen LogP) is 2.11. The Morgan fingerprint density at radius 3 is 2.60 bits per heavy atom. The highest BCUT2D eigenvalue weighted by molar-refractivity contribution is 5.63. The van der Waals surface area contributed by atoms with Gasteiger partial charge in [0, 0.05) is 37.1 Å². The summed E-state index contributed by atoms with van der Waals surface area (Å²) in [5.41, 5.74) is 3.68. The highest BCUT2D eigenvalue weighted by Gasteiger charge is 2.21. The number of nitrogens with one attached hydrogen (secondary N) is 2. The Kier molecular flexibility index (Phi) is 4.75. The van der Waals surface area contributed by atoms with Gasteiger partial charge in [-0.05, 0) is 31.7 Å². The maximum atomic E-state index is 10.9. The number of rotatable bonds is 5. The minimum Gasteiger partial charge on any atom is -0.382 e. The smallest absolute Gasteiger partial charge is 0.273 e. The summed E-state index contributed by atoms with van der Waals surface area (Å²) in [7, 11) is 0. The summed E-state index contributed by atoms with van der Waals surface area (Å²) >= 11 is 0. The first-order valence-corrected chi connectivity index (χ1v) is 6.70. The lowest BCUT2D eigenvalue weighted by atomic mass is 9.93. The van der Waals surface area contributed by atoms with Gasteiger partial charge in [-0.2, -0.15) is 0 Å². The molecule has 0 radical (unpaired) electrons. The van der Waals surface area contributed by atoms with Gasteiger partial charge in [-0.3, -0.25) is 16.0 Å². The molecule has 2 rings (SSSR count). The first-order valence-electron chi connectivity index (χ1n) is 6.70. The van der Waals surface area contributed by atoms with Crippen LogP contribution in [0.25, 0.3) is 0 Å². The van der Waals surface area contributed by atoms with E-state index in [1.54, 1.807) is 6.07 Å². The summed E-state index contributed by atoms with van der Waals surface area (Å²) < 4.78 is 5.34. The molecule has 4 N–H and O–H groups in total. The zero-order valence-corrected chi connectivity index (χ0v) is 11.5. The van der Waals surface area contributed by atoms with E-state index in [4.69, 9.17) is 10.6 Å². The predicted molar refractivity (Wildman–Crippen MR) is 77.5 cm³/mol. The molecule has 0 bridgehead atoms. The van der Waals surface area contributed by atoms with Crippen LogP contribution in [0.15, 0.2) is 18.2 Å². The number of hydrazine groups is 1. The van der Waals surface area contributed by atoms with Crippen molar-refractivity contribution in [1.29, 1.82) is 0 Å². The van der Waals surface area contributed by atoms with Crippen molar-refractivity contribution in [1.82, 2.24) is 0 Å². The van der Waals surface area contributed by atoms with Crippen LogP contribution in [0, 0.1) is 16.0 Å². The third-order valence-corrected chi connectivity index (χ3v) is 3.66. The van der Waals surface area contributed by atoms with E-state index in [2.05, 4.69) is 17.7 Å². The SMILES string of the molecule is CC(Nc1cc(NN)cc([N+](=O)[O-])c1)C1CCOCC1. The zero-order valence-electron chi connectivity index (χ0n) is 11.5. The molecule has 0 spiro atoms. The normalized spacial score (nSPS) is 17.5. The van der Waals surface area contributed by atoms with Crippen LogP contribution < -0.4 is 16.6 Å². The van der Waals surface area contributed by atoms with Crippen LogP contribution in [-0.4, -0.2) is 24.2 Å². The molecule has 0 aliphatic carbocycles. The first-order chi connectivity index (χ1) is 9.60. The maximum Gasteiger partial charge on any atom is 0.273 e. The number of nitro groups is 1. The fraction of sp³-hybridized carbons (Fsp3) is 0.538. The Balaban J connectivity index is 2.11. The third kappa shape index (κ3) is 3.58. The minimum absolute atomic E-state index is 0.0159. The summed E-state index contributed by atoms with van der Waals surface area (Å²) in [5.74, 6) is 5.86. The Morgan fingerprint density at radius 1 is 1.35 bits per heavy atom. The topological polar surface area (TPSA) is 102 Å². The Bertz CT molecular complexity index is 475. The summed E-state index contributed by atoms with van der Waals surface area (Å²) in [6.45, 7) is 3.65. The molecular formula is C13H20N4O3. The van der Waals surface area contributed by atoms with Gasteiger partial charge in [-0.1, -0.05) is 0 Å². The van der Waals surface area contributed by atoms with Gasteiger partial charge < -0.3 is 15.5 Å². The Hall–Kier alpha value is -1.86. The average molecular weight is 280 g/mol. The van der Waals surface area contributed by atoms with Crippen LogP contribution in [0.3, 0.4) is 0 Å². The maximum absolute atomic E-state index is 10.9.